The molecule has 2 aromatic rings. The monoisotopic (exact) mass is 263 g/mol. The molecule has 1 heterocycles. The standard InChI is InChI=1S/C14H11Cl2N/c15-12-3-4-13(14(16)6-12)9-1-2-10-7-17-8-11(10)5-9/h1-6,17H,7-8H2. The molecule has 0 saturated carbocycles. The van der Waals surface area contributed by atoms with Crippen molar-refractivity contribution in [3.63, 3.8) is 0 Å². The SMILES string of the molecule is Clc1ccc(-c2ccc3c(c2)CNC3)c(Cl)c1. The Morgan fingerprint density at radius 2 is 1.71 bits per heavy atom. The summed E-state index contributed by atoms with van der Waals surface area (Å²) in [7, 11) is 0. The van der Waals surface area contributed by atoms with E-state index < -0.39 is 0 Å². The van der Waals surface area contributed by atoms with Crippen molar-refractivity contribution in [1.82, 2.24) is 5.32 Å². The molecule has 3 heteroatoms. The van der Waals surface area contributed by atoms with Crippen molar-refractivity contribution in [3.05, 3.63) is 57.6 Å². The van der Waals surface area contributed by atoms with Gasteiger partial charge in [-0.1, -0.05) is 41.4 Å². The van der Waals surface area contributed by atoms with E-state index in [1.165, 1.54) is 11.1 Å². The molecule has 17 heavy (non-hydrogen) atoms. The van der Waals surface area contributed by atoms with Crippen molar-refractivity contribution >= 4 is 23.2 Å². The molecule has 0 amide bonds. The van der Waals surface area contributed by atoms with Crippen molar-refractivity contribution in [2.75, 3.05) is 0 Å². The molecule has 3 rings (SSSR count). The van der Waals surface area contributed by atoms with Crippen molar-refractivity contribution in [2.24, 2.45) is 0 Å². The Morgan fingerprint density at radius 3 is 2.53 bits per heavy atom. The maximum absolute atomic E-state index is 6.21. The first-order valence-corrected chi connectivity index (χ1v) is 6.27. The zero-order chi connectivity index (χ0) is 11.8. The smallest absolute Gasteiger partial charge is 0.0499 e. The van der Waals surface area contributed by atoms with Crippen LogP contribution in [0.3, 0.4) is 0 Å². The highest BCUT2D eigenvalue weighted by Crippen LogP contribution is 2.32. The number of fused-ring (bicyclic) bond motifs is 1. The number of nitrogens with one attached hydrogen (secondary N) is 1. The lowest BCUT2D eigenvalue weighted by atomic mass is 10.0. The van der Waals surface area contributed by atoms with E-state index in [4.69, 9.17) is 23.2 Å². The summed E-state index contributed by atoms with van der Waals surface area (Å²) >= 11 is 12.1. The van der Waals surface area contributed by atoms with Gasteiger partial charge in [-0.15, -0.1) is 0 Å². The number of halogens is 2. The van der Waals surface area contributed by atoms with Gasteiger partial charge in [-0.3, -0.25) is 0 Å². The molecule has 0 spiro atoms. The molecule has 0 bridgehead atoms. The van der Waals surface area contributed by atoms with Crippen LogP contribution in [-0.2, 0) is 13.1 Å². The predicted octanol–water partition coefficient (Wildman–Crippen LogP) is 4.26. The van der Waals surface area contributed by atoms with E-state index >= 15 is 0 Å². The number of benzene rings is 2. The molecule has 0 saturated heterocycles. The van der Waals surface area contributed by atoms with Crippen LogP contribution in [-0.4, -0.2) is 0 Å². The molecule has 0 unspecified atom stereocenters. The fourth-order valence-corrected chi connectivity index (χ4v) is 2.70. The molecule has 0 aromatic heterocycles. The molecule has 0 aliphatic carbocycles. The summed E-state index contributed by atoms with van der Waals surface area (Å²) in [6, 6.07) is 12.1. The third kappa shape index (κ3) is 2.06. The molecule has 0 radical (unpaired) electrons. The summed E-state index contributed by atoms with van der Waals surface area (Å²) < 4.78 is 0. The summed E-state index contributed by atoms with van der Waals surface area (Å²) in [6.07, 6.45) is 0. The zero-order valence-electron chi connectivity index (χ0n) is 9.13. The van der Waals surface area contributed by atoms with Gasteiger partial charge >= 0.3 is 0 Å². The second-order valence-corrected chi connectivity index (χ2v) is 5.05. The molecule has 0 fully saturated rings. The van der Waals surface area contributed by atoms with Gasteiger partial charge in [0.25, 0.3) is 0 Å². The van der Waals surface area contributed by atoms with Crippen molar-refractivity contribution in [2.45, 2.75) is 13.1 Å². The minimum absolute atomic E-state index is 0.668. The molecular weight excluding hydrogens is 253 g/mol. The van der Waals surface area contributed by atoms with Gasteiger partial charge in [0.15, 0.2) is 0 Å². The highest BCUT2D eigenvalue weighted by molar-refractivity contribution is 6.36. The van der Waals surface area contributed by atoms with E-state index in [0.29, 0.717) is 10.0 Å². The Hall–Kier alpha value is -1.02. The lowest BCUT2D eigenvalue weighted by Gasteiger charge is -2.07. The second kappa shape index (κ2) is 4.34. The van der Waals surface area contributed by atoms with Crippen molar-refractivity contribution in [3.8, 4) is 11.1 Å². The summed E-state index contributed by atoms with van der Waals surface area (Å²) in [5, 5.41) is 4.70. The first kappa shape index (κ1) is 11.1. The average Bonchev–Trinajstić information content (AvgIpc) is 2.75. The van der Waals surface area contributed by atoms with Crippen LogP contribution < -0.4 is 5.32 Å². The van der Waals surface area contributed by atoms with Gasteiger partial charge in [-0.05, 0) is 34.9 Å². The third-order valence-corrected chi connectivity index (χ3v) is 3.63. The quantitative estimate of drug-likeness (QED) is 0.811. The van der Waals surface area contributed by atoms with Gasteiger partial charge in [0.05, 0.1) is 0 Å². The Morgan fingerprint density at radius 1 is 0.882 bits per heavy atom. The van der Waals surface area contributed by atoms with Gasteiger partial charge in [-0.25, -0.2) is 0 Å². The van der Waals surface area contributed by atoms with Crippen molar-refractivity contribution < 1.29 is 0 Å². The van der Waals surface area contributed by atoms with Crippen LogP contribution in [0.2, 0.25) is 10.0 Å². The Kier molecular flexibility index (Phi) is 2.83. The molecule has 2 aromatic carbocycles. The van der Waals surface area contributed by atoms with Crippen LogP contribution >= 0.6 is 23.2 Å². The first-order chi connectivity index (χ1) is 8.24. The fourth-order valence-electron chi connectivity index (χ4n) is 2.19. The normalized spacial score (nSPS) is 13.8. The maximum Gasteiger partial charge on any atom is 0.0499 e. The summed E-state index contributed by atoms with van der Waals surface area (Å²) in [4.78, 5) is 0. The highest BCUT2D eigenvalue weighted by Gasteiger charge is 2.12. The zero-order valence-corrected chi connectivity index (χ0v) is 10.6. The van der Waals surface area contributed by atoms with Gasteiger partial charge in [-0.2, -0.15) is 0 Å². The van der Waals surface area contributed by atoms with Gasteiger partial charge in [0.2, 0.25) is 0 Å². The lowest BCUT2D eigenvalue weighted by molar-refractivity contribution is 0.765. The van der Waals surface area contributed by atoms with Crippen LogP contribution in [0.1, 0.15) is 11.1 Å². The number of hydrogen-bond donors (Lipinski definition) is 1. The number of rotatable bonds is 1. The maximum atomic E-state index is 6.21. The summed E-state index contributed by atoms with van der Waals surface area (Å²) in [5.74, 6) is 0. The van der Waals surface area contributed by atoms with Crippen LogP contribution in [0.15, 0.2) is 36.4 Å². The number of hydrogen-bond acceptors (Lipinski definition) is 1. The van der Waals surface area contributed by atoms with Crippen LogP contribution in [0.25, 0.3) is 11.1 Å². The van der Waals surface area contributed by atoms with E-state index in [1.807, 2.05) is 12.1 Å². The Bertz CT molecular complexity index is 578. The fraction of sp³-hybridized carbons (Fsp3) is 0.143. The molecule has 0 atom stereocenters. The summed E-state index contributed by atoms with van der Waals surface area (Å²) in [6.45, 7) is 1.90. The minimum Gasteiger partial charge on any atom is -0.309 e. The Balaban J connectivity index is 2.09. The van der Waals surface area contributed by atoms with Gasteiger partial charge < -0.3 is 5.32 Å². The second-order valence-electron chi connectivity index (χ2n) is 4.21. The van der Waals surface area contributed by atoms with Gasteiger partial charge in [0, 0.05) is 28.7 Å². The third-order valence-electron chi connectivity index (χ3n) is 3.08. The molecule has 1 nitrogen and oxygen atoms in total. The van der Waals surface area contributed by atoms with Crippen LogP contribution in [0.5, 0.6) is 0 Å². The predicted molar refractivity (Wildman–Crippen MR) is 72.4 cm³/mol. The molecule has 1 aliphatic rings. The minimum atomic E-state index is 0.668. The Labute approximate surface area is 110 Å². The van der Waals surface area contributed by atoms with Crippen LogP contribution in [0.4, 0.5) is 0 Å². The first-order valence-electron chi connectivity index (χ1n) is 5.52. The van der Waals surface area contributed by atoms with Crippen LogP contribution in [0, 0.1) is 0 Å². The molecule has 1 aliphatic heterocycles. The van der Waals surface area contributed by atoms with E-state index in [9.17, 15) is 0 Å². The van der Waals surface area contributed by atoms with E-state index in [1.54, 1.807) is 6.07 Å². The molecule has 1 N–H and O–H groups in total. The van der Waals surface area contributed by atoms with E-state index in [2.05, 4.69) is 23.5 Å². The average molecular weight is 264 g/mol. The van der Waals surface area contributed by atoms with E-state index in [0.717, 1.165) is 24.2 Å². The highest BCUT2D eigenvalue weighted by atomic mass is 35.5. The van der Waals surface area contributed by atoms with Crippen molar-refractivity contribution in [1.29, 1.82) is 0 Å². The largest absolute Gasteiger partial charge is 0.309 e. The van der Waals surface area contributed by atoms with Gasteiger partial charge in [0.1, 0.15) is 0 Å². The molecule has 86 valence electrons. The lowest BCUT2D eigenvalue weighted by Crippen LogP contribution is -1.99. The molecular formula is C14H11Cl2N. The van der Waals surface area contributed by atoms with E-state index in [-0.39, 0.29) is 0 Å². The summed E-state index contributed by atoms with van der Waals surface area (Å²) in [5.41, 5.74) is 4.91. The topological polar surface area (TPSA) is 12.0 Å².